The molecule has 0 bridgehead atoms. The first-order valence-corrected chi connectivity index (χ1v) is 10.2. The maximum atomic E-state index is 13.1. The van der Waals surface area contributed by atoms with Gasteiger partial charge >= 0.3 is 0 Å². The number of hydrogen-bond acceptors (Lipinski definition) is 5. The molecule has 2 atom stereocenters. The van der Waals surface area contributed by atoms with E-state index in [1.807, 2.05) is 61.7 Å². The monoisotopic (exact) mass is 381 g/mol. The molecule has 132 valence electrons. The third-order valence-corrected chi connectivity index (χ3v) is 6.02. The summed E-state index contributed by atoms with van der Waals surface area (Å²) < 4.78 is 0. The van der Waals surface area contributed by atoms with Crippen LogP contribution in [-0.2, 0) is 4.79 Å². The second kappa shape index (κ2) is 8.35. The van der Waals surface area contributed by atoms with Crippen molar-refractivity contribution in [3.63, 3.8) is 0 Å². The molecule has 3 rings (SSSR count). The van der Waals surface area contributed by atoms with Gasteiger partial charge in [-0.05, 0) is 36.3 Å². The molecule has 2 aromatic rings. The summed E-state index contributed by atoms with van der Waals surface area (Å²) in [5.74, 6) is -0.0989. The number of anilines is 1. The van der Waals surface area contributed by atoms with E-state index < -0.39 is 5.92 Å². The van der Waals surface area contributed by atoms with E-state index in [1.54, 1.807) is 23.1 Å². The number of thioether (sulfide) groups is 1. The Morgan fingerprint density at radius 2 is 2.08 bits per heavy atom. The van der Waals surface area contributed by atoms with Gasteiger partial charge in [-0.25, -0.2) is 4.99 Å². The molecule has 1 unspecified atom stereocenters. The summed E-state index contributed by atoms with van der Waals surface area (Å²) >= 11 is 3.14. The average molecular weight is 382 g/mol. The topological polar surface area (TPSA) is 65.2 Å². The van der Waals surface area contributed by atoms with Crippen LogP contribution in [0.15, 0.2) is 64.1 Å². The zero-order valence-corrected chi connectivity index (χ0v) is 16.2. The number of aliphatic imine (C=N–C) groups is 1. The predicted molar refractivity (Wildman–Crippen MR) is 110 cm³/mol. The van der Waals surface area contributed by atoms with Crippen LogP contribution in [0.4, 0.5) is 5.69 Å². The number of rotatable bonds is 4. The van der Waals surface area contributed by atoms with Crippen LogP contribution < -0.4 is 5.32 Å². The Labute approximate surface area is 161 Å². The highest BCUT2D eigenvalue weighted by Gasteiger charge is 2.39. The SMILES string of the molecule is CCSC1=NC(C)=C(C(=O)Nc2ccccc2)[C@@H](c2cccs2)C1C#N. The van der Waals surface area contributed by atoms with Crippen molar-refractivity contribution in [3.05, 3.63) is 64.0 Å². The highest BCUT2D eigenvalue weighted by atomic mass is 32.2. The van der Waals surface area contributed by atoms with Crippen LogP contribution in [0.2, 0.25) is 0 Å². The number of nitrogens with one attached hydrogen (secondary N) is 1. The quantitative estimate of drug-likeness (QED) is 0.806. The van der Waals surface area contributed by atoms with Crippen LogP contribution in [0.5, 0.6) is 0 Å². The van der Waals surface area contributed by atoms with Crippen LogP contribution in [0.3, 0.4) is 0 Å². The summed E-state index contributed by atoms with van der Waals surface area (Å²) in [4.78, 5) is 18.7. The lowest BCUT2D eigenvalue weighted by atomic mass is 9.82. The summed E-state index contributed by atoms with van der Waals surface area (Å²) in [5, 5.41) is 15.6. The number of para-hydroxylation sites is 1. The fraction of sp³-hybridized carbons (Fsp3) is 0.250. The standard InChI is InChI=1S/C20H19N3OS2/c1-3-25-20-15(12-21)18(16-10-7-11-26-16)17(13(2)22-20)19(24)23-14-8-5-4-6-9-14/h4-11,15,18H,3H2,1-2H3,(H,23,24)/t15?,18-/m1/s1. The molecular formula is C20H19N3OS2. The number of carbonyl (C=O) groups excluding carboxylic acids is 1. The van der Waals surface area contributed by atoms with E-state index in [4.69, 9.17) is 0 Å². The van der Waals surface area contributed by atoms with Crippen molar-refractivity contribution >= 4 is 39.7 Å². The number of hydrogen-bond donors (Lipinski definition) is 1. The molecule has 4 nitrogen and oxygen atoms in total. The zero-order chi connectivity index (χ0) is 18.5. The molecule has 1 aromatic heterocycles. The highest BCUT2D eigenvalue weighted by Crippen LogP contribution is 2.42. The molecular weight excluding hydrogens is 362 g/mol. The Kier molecular flexibility index (Phi) is 5.92. The Morgan fingerprint density at radius 3 is 2.69 bits per heavy atom. The molecule has 1 aliphatic heterocycles. The minimum absolute atomic E-state index is 0.198. The molecule has 1 aromatic carbocycles. The minimum atomic E-state index is -0.446. The normalized spacial score (nSPS) is 19.7. The molecule has 1 amide bonds. The fourth-order valence-electron chi connectivity index (χ4n) is 3.03. The van der Waals surface area contributed by atoms with Crippen LogP contribution in [0, 0.1) is 17.2 Å². The second-order valence-electron chi connectivity index (χ2n) is 5.80. The summed E-state index contributed by atoms with van der Waals surface area (Å²) in [6.07, 6.45) is 0. The number of thiophene rings is 1. The molecule has 26 heavy (non-hydrogen) atoms. The maximum Gasteiger partial charge on any atom is 0.254 e. The van der Waals surface area contributed by atoms with Crippen molar-refractivity contribution in [2.24, 2.45) is 10.9 Å². The molecule has 0 radical (unpaired) electrons. The third kappa shape index (κ3) is 3.74. The van der Waals surface area contributed by atoms with E-state index in [2.05, 4.69) is 16.4 Å². The number of allylic oxidation sites excluding steroid dienone is 1. The van der Waals surface area contributed by atoms with Crippen molar-refractivity contribution in [1.29, 1.82) is 5.26 Å². The molecule has 0 fully saturated rings. The lowest BCUT2D eigenvalue weighted by Gasteiger charge is -2.29. The number of amides is 1. The summed E-state index contributed by atoms with van der Waals surface area (Å²) in [6.45, 7) is 3.89. The first-order chi connectivity index (χ1) is 12.7. The molecule has 1 N–H and O–H groups in total. The van der Waals surface area contributed by atoms with Crippen LogP contribution in [0.1, 0.15) is 24.6 Å². The van der Waals surface area contributed by atoms with Gasteiger partial charge in [-0.3, -0.25) is 4.79 Å². The van der Waals surface area contributed by atoms with Gasteiger partial charge in [0.2, 0.25) is 0 Å². The molecule has 0 aliphatic carbocycles. The average Bonchev–Trinajstić information content (AvgIpc) is 3.16. The highest BCUT2D eigenvalue weighted by molar-refractivity contribution is 8.14. The largest absolute Gasteiger partial charge is 0.322 e. The van der Waals surface area contributed by atoms with Crippen LogP contribution in [-0.4, -0.2) is 16.7 Å². The van der Waals surface area contributed by atoms with Crippen LogP contribution >= 0.6 is 23.1 Å². The van der Waals surface area contributed by atoms with Gasteiger partial charge in [-0.2, -0.15) is 5.26 Å². The van der Waals surface area contributed by atoms with Crippen molar-refractivity contribution in [3.8, 4) is 6.07 Å². The molecule has 1 aliphatic rings. The van der Waals surface area contributed by atoms with Gasteiger partial charge in [-0.15, -0.1) is 23.1 Å². The van der Waals surface area contributed by atoms with Gasteiger partial charge < -0.3 is 5.32 Å². The van der Waals surface area contributed by atoms with Crippen molar-refractivity contribution in [2.45, 2.75) is 19.8 Å². The maximum absolute atomic E-state index is 13.1. The van der Waals surface area contributed by atoms with Gasteiger partial charge in [0, 0.05) is 27.8 Å². The Hall–Kier alpha value is -2.36. The molecule has 6 heteroatoms. The summed E-state index contributed by atoms with van der Waals surface area (Å²) in [6, 6.07) is 15.7. The van der Waals surface area contributed by atoms with Gasteiger partial charge in [0.1, 0.15) is 5.92 Å². The third-order valence-electron chi connectivity index (χ3n) is 4.14. The summed E-state index contributed by atoms with van der Waals surface area (Å²) in [5.41, 5.74) is 1.98. The van der Waals surface area contributed by atoms with E-state index in [9.17, 15) is 10.1 Å². The predicted octanol–water partition coefficient (Wildman–Crippen LogP) is 5.05. The number of benzene rings is 1. The second-order valence-corrected chi connectivity index (χ2v) is 8.07. The van der Waals surface area contributed by atoms with E-state index in [-0.39, 0.29) is 11.8 Å². The molecule has 0 saturated carbocycles. The van der Waals surface area contributed by atoms with E-state index in [0.29, 0.717) is 11.3 Å². The lowest BCUT2D eigenvalue weighted by Crippen LogP contribution is -2.30. The van der Waals surface area contributed by atoms with Gasteiger partial charge in [0.25, 0.3) is 5.91 Å². The van der Waals surface area contributed by atoms with Gasteiger partial charge in [0.15, 0.2) is 0 Å². The minimum Gasteiger partial charge on any atom is -0.322 e. The first kappa shape index (κ1) is 18.4. The Balaban J connectivity index is 2.04. The van der Waals surface area contributed by atoms with E-state index in [0.717, 1.165) is 21.4 Å². The first-order valence-electron chi connectivity index (χ1n) is 8.37. The fourth-order valence-corrected chi connectivity index (χ4v) is 4.77. The van der Waals surface area contributed by atoms with E-state index in [1.165, 1.54) is 0 Å². The van der Waals surface area contributed by atoms with Crippen LogP contribution in [0.25, 0.3) is 0 Å². The number of carbonyl (C=O) groups is 1. The van der Waals surface area contributed by atoms with Gasteiger partial charge in [0.05, 0.1) is 11.1 Å². The molecule has 2 heterocycles. The van der Waals surface area contributed by atoms with Crippen molar-refractivity contribution in [2.75, 3.05) is 11.1 Å². The van der Waals surface area contributed by atoms with E-state index >= 15 is 0 Å². The molecule has 0 saturated heterocycles. The smallest absolute Gasteiger partial charge is 0.254 e. The summed E-state index contributed by atoms with van der Waals surface area (Å²) in [7, 11) is 0. The lowest BCUT2D eigenvalue weighted by molar-refractivity contribution is -0.113. The zero-order valence-electron chi connectivity index (χ0n) is 14.6. The Bertz CT molecular complexity index is 880. The number of nitriles is 1. The number of nitrogens with zero attached hydrogens (tertiary/aromatic N) is 2. The van der Waals surface area contributed by atoms with Crippen molar-refractivity contribution in [1.82, 2.24) is 0 Å². The Morgan fingerprint density at radius 1 is 1.31 bits per heavy atom. The van der Waals surface area contributed by atoms with Gasteiger partial charge in [-0.1, -0.05) is 31.2 Å². The van der Waals surface area contributed by atoms with Crippen molar-refractivity contribution < 1.29 is 4.79 Å². The molecule has 0 spiro atoms.